The van der Waals surface area contributed by atoms with Crippen molar-refractivity contribution in [3.05, 3.63) is 18.0 Å². The summed E-state index contributed by atoms with van der Waals surface area (Å²) in [5, 5.41) is 12.3. The lowest BCUT2D eigenvalue weighted by molar-refractivity contribution is 0.148. The standard InChI is InChI=1S/C6H10N2O/c1-2-3-6-4-7-8(9)5-6/h4-5,9H,2-3H2,1H3. The van der Waals surface area contributed by atoms with Crippen molar-refractivity contribution in [2.45, 2.75) is 19.8 Å². The van der Waals surface area contributed by atoms with Gasteiger partial charge in [0, 0.05) is 0 Å². The van der Waals surface area contributed by atoms with Gasteiger partial charge in [0.2, 0.25) is 0 Å². The minimum absolute atomic E-state index is 0.838. The van der Waals surface area contributed by atoms with Crippen molar-refractivity contribution in [2.24, 2.45) is 0 Å². The van der Waals surface area contributed by atoms with Crippen LogP contribution in [0.2, 0.25) is 0 Å². The van der Waals surface area contributed by atoms with Crippen molar-refractivity contribution in [2.75, 3.05) is 0 Å². The second-order valence-corrected chi connectivity index (χ2v) is 2.02. The highest BCUT2D eigenvalue weighted by atomic mass is 16.5. The van der Waals surface area contributed by atoms with Crippen LogP contribution in [0.3, 0.4) is 0 Å². The third-order valence-electron chi connectivity index (χ3n) is 1.16. The summed E-state index contributed by atoms with van der Waals surface area (Å²) < 4.78 is 0. The van der Waals surface area contributed by atoms with Gasteiger partial charge in [0.1, 0.15) is 0 Å². The normalized spacial score (nSPS) is 9.89. The third kappa shape index (κ3) is 1.45. The van der Waals surface area contributed by atoms with E-state index in [9.17, 15) is 0 Å². The Kier molecular flexibility index (Phi) is 1.72. The van der Waals surface area contributed by atoms with E-state index in [0.29, 0.717) is 0 Å². The Morgan fingerprint density at radius 1 is 1.78 bits per heavy atom. The van der Waals surface area contributed by atoms with E-state index in [-0.39, 0.29) is 0 Å². The van der Waals surface area contributed by atoms with Crippen LogP contribution in [0.4, 0.5) is 0 Å². The highest BCUT2D eigenvalue weighted by molar-refractivity contribution is 5.02. The van der Waals surface area contributed by atoms with Crippen LogP contribution in [0, 0.1) is 0 Å². The molecule has 0 spiro atoms. The SMILES string of the molecule is CCCc1cnn(O)c1. The highest BCUT2D eigenvalue weighted by Gasteiger charge is 1.92. The maximum Gasteiger partial charge on any atom is 0.0696 e. The molecular weight excluding hydrogens is 116 g/mol. The van der Waals surface area contributed by atoms with Crippen LogP contribution in [-0.2, 0) is 6.42 Å². The minimum atomic E-state index is 0.838. The van der Waals surface area contributed by atoms with Crippen molar-refractivity contribution in [3.63, 3.8) is 0 Å². The highest BCUT2D eigenvalue weighted by Crippen LogP contribution is 1.98. The molecular formula is C6H10N2O. The molecule has 3 heteroatoms. The van der Waals surface area contributed by atoms with Gasteiger partial charge in [-0.2, -0.15) is 0 Å². The molecule has 0 bridgehead atoms. The maximum absolute atomic E-state index is 8.69. The van der Waals surface area contributed by atoms with Gasteiger partial charge in [-0.1, -0.05) is 13.3 Å². The van der Waals surface area contributed by atoms with Crippen LogP contribution < -0.4 is 0 Å². The molecule has 0 radical (unpaired) electrons. The number of hydrogen-bond donors (Lipinski definition) is 1. The van der Waals surface area contributed by atoms with Gasteiger partial charge in [0.05, 0.1) is 12.4 Å². The predicted octanol–water partition coefficient (Wildman–Crippen LogP) is 1.07. The first kappa shape index (κ1) is 6.13. The molecule has 0 unspecified atom stereocenters. The molecule has 1 rings (SSSR count). The van der Waals surface area contributed by atoms with Crippen molar-refractivity contribution in [1.82, 2.24) is 9.94 Å². The monoisotopic (exact) mass is 126 g/mol. The van der Waals surface area contributed by atoms with Crippen molar-refractivity contribution < 1.29 is 5.21 Å². The molecule has 0 fully saturated rings. The average molecular weight is 126 g/mol. The Bertz CT molecular complexity index is 183. The van der Waals surface area contributed by atoms with Crippen LogP contribution in [-0.4, -0.2) is 15.2 Å². The summed E-state index contributed by atoms with van der Waals surface area (Å²) in [6.45, 7) is 2.09. The first-order valence-corrected chi connectivity index (χ1v) is 3.05. The molecule has 0 aliphatic rings. The number of hydrogen-bond acceptors (Lipinski definition) is 2. The molecule has 3 nitrogen and oxygen atoms in total. The molecule has 1 heterocycles. The average Bonchev–Trinajstić information content (AvgIpc) is 2.17. The second kappa shape index (κ2) is 2.53. The lowest BCUT2D eigenvalue weighted by Crippen LogP contribution is -1.87. The molecule has 1 N–H and O–H groups in total. The topological polar surface area (TPSA) is 38.0 Å². The molecule has 0 atom stereocenters. The predicted molar refractivity (Wildman–Crippen MR) is 33.4 cm³/mol. The van der Waals surface area contributed by atoms with Gasteiger partial charge in [-0.25, -0.2) is 0 Å². The molecule has 9 heavy (non-hydrogen) atoms. The van der Waals surface area contributed by atoms with E-state index in [1.807, 2.05) is 0 Å². The van der Waals surface area contributed by atoms with Crippen LogP contribution in [0.15, 0.2) is 12.4 Å². The zero-order chi connectivity index (χ0) is 6.69. The summed E-state index contributed by atoms with van der Waals surface area (Å²) in [6.07, 6.45) is 5.36. The smallest absolute Gasteiger partial charge is 0.0696 e. The molecule has 0 aliphatic carbocycles. The Hall–Kier alpha value is -0.990. The quantitative estimate of drug-likeness (QED) is 0.602. The van der Waals surface area contributed by atoms with Crippen LogP contribution in [0.1, 0.15) is 18.9 Å². The molecule has 1 aromatic rings. The van der Waals surface area contributed by atoms with E-state index >= 15 is 0 Å². The number of rotatable bonds is 2. The molecule has 1 aromatic heterocycles. The van der Waals surface area contributed by atoms with E-state index in [4.69, 9.17) is 5.21 Å². The van der Waals surface area contributed by atoms with E-state index in [2.05, 4.69) is 12.0 Å². The van der Waals surface area contributed by atoms with Gasteiger partial charge in [-0.15, -0.1) is 9.94 Å². The minimum Gasteiger partial charge on any atom is -0.412 e. The summed E-state index contributed by atoms with van der Waals surface area (Å²) in [4.78, 5) is 0.838. The van der Waals surface area contributed by atoms with Gasteiger partial charge < -0.3 is 5.21 Å². The summed E-state index contributed by atoms with van der Waals surface area (Å²) in [5.41, 5.74) is 1.08. The molecule has 0 saturated carbocycles. The first-order valence-electron chi connectivity index (χ1n) is 3.05. The van der Waals surface area contributed by atoms with E-state index in [1.165, 1.54) is 0 Å². The summed E-state index contributed by atoms with van der Waals surface area (Å²) in [7, 11) is 0. The van der Waals surface area contributed by atoms with Crippen LogP contribution in [0.25, 0.3) is 0 Å². The van der Waals surface area contributed by atoms with Crippen LogP contribution >= 0.6 is 0 Å². The Labute approximate surface area is 53.9 Å². The summed E-state index contributed by atoms with van der Waals surface area (Å²) >= 11 is 0. The number of aryl methyl sites for hydroxylation is 1. The van der Waals surface area contributed by atoms with E-state index in [0.717, 1.165) is 23.3 Å². The molecule has 0 saturated heterocycles. The Morgan fingerprint density at radius 3 is 3.00 bits per heavy atom. The zero-order valence-corrected chi connectivity index (χ0v) is 5.41. The van der Waals surface area contributed by atoms with Crippen molar-refractivity contribution >= 4 is 0 Å². The van der Waals surface area contributed by atoms with Gasteiger partial charge in [0.15, 0.2) is 0 Å². The van der Waals surface area contributed by atoms with Crippen LogP contribution in [0.5, 0.6) is 0 Å². The maximum atomic E-state index is 8.69. The van der Waals surface area contributed by atoms with E-state index in [1.54, 1.807) is 12.4 Å². The summed E-state index contributed by atoms with van der Waals surface area (Å²) in [5.74, 6) is 0. The largest absolute Gasteiger partial charge is 0.412 e. The fourth-order valence-corrected chi connectivity index (χ4v) is 0.766. The van der Waals surface area contributed by atoms with Gasteiger partial charge >= 0.3 is 0 Å². The zero-order valence-electron chi connectivity index (χ0n) is 5.41. The second-order valence-electron chi connectivity index (χ2n) is 2.02. The fourth-order valence-electron chi connectivity index (χ4n) is 0.766. The van der Waals surface area contributed by atoms with Crippen molar-refractivity contribution in [3.8, 4) is 0 Å². The Morgan fingerprint density at radius 2 is 2.56 bits per heavy atom. The number of nitrogens with zero attached hydrogens (tertiary/aromatic N) is 2. The molecule has 0 aliphatic heterocycles. The molecule has 0 amide bonds. The first-order chi connectivity index (χ1) is 4.33. The summed E-state index contributed by atoms with van der Waals surface area (Å²) in [6, 6.07) is 0. The third-order valence-corrected chi connectivity index (χ3v) is 1.16. The van der Waals surface area contributed by atoms with Gasteiger partial charge in [-0.3, -0.25) is 0 Å². The lowest BCUT2D eigenvalue weighted by atomic mass is 10.2. The molecule has 0 aromatic carbocycles. The lowest BCUT2D eigenvalue weighted by Gasteiger charge is -1.85. The van der Waals surface area contributed by atoms with Gasteiger partial charge in [0.25, 0.3) is 0 Å². The van der Waals surface area contributed by atoms with E-state index < -0.39 is 0 Å². The fraction of sp³-hybridized carbons (Fsp3) is 0.500. The number of aromatic nitrogens is 2. The van der Waals surface area contributed by atoms with Gasteiger partial charge in [-0.05, 0) is 12.0 Å². The molecule has 50 valence electrons. The van der Waals surface area contributed by atoms with Crippen molar-refractivity contribution in [1.29, 1.82) is 0 Å². The Balaban J connectivity index is 2.61.